The van der Waals surface area contributed by atoms with Gasteiger partial charge in [0.1, 0.15) is 5.75 Å². The Morgan fingerprint density at radius 1 is 1.38 bits per heavy atom. The van der Waals surface area contributed by atoms with Crippen LogP contribution in [-0.2, 0) is 16.1 Å². The Morgan fingerprint density at radius 2 is 2.14 bits per heavy atom. The lowest BCUT2D eigenvalue weighted by Gasteiger charge is -2.21. The number of methoxy groups -OCH3 is 1. The number of aliphatic hydroxyl groups is 1. The Morgan fingerprint density at radius 3 is 2.81 bits per heavy atom. The minimum Gasteiger partial charge on any atom is -0.493 e. The van der Waals surface area contributed by atoms with Crippen molar-refractivity contribution in [1.82, 2.24) is 4.57 Å². The molecule has 0 saturated heterocycles. The number of hydrogen-bond donors (Lipinski definition) is 1. The van der Waals surface area contributed by atoms with Crippen LogP contribution in [0.1, 0.15) is 20.3 Å². The number of aromatic nitrogens is 1. The number of nitrogens with zero attached hydrogens (tertiary/aromatic N) is 1. The van der Waals surface area contributed by atoms with Gasteiger partial charge in [-0.15, -0.1) is 0 Å². The fraction of sp³-hybridized carbons (Fsp3) is 0.438. The lowest BCUT2D eigenvalue weighted by atomic mass is 10.1. The van der Waals surface area contributed by atoms with Gasteiger partial charge in [-0.25, -0.2) is 4.79 Å². The predicted octanol–water partition coefficient (Wildman–Crippen LogP) is 2.35. The third kappa shape index (κ3) is 3.19. The molecule has 5 nitrogen and oxygen atoms in total. The van der Waals surface area contributed by atoms with Crippen LogP contribution in [-0.4, -0.2) is 35.0 Å². The number of fused-ring (bicyclic) bond motifs is 1. The summed E-state index contributed by atoms with van der Waals surface area (Å²) >= 11 is 0. The van der Waals surface area contributed by atoms with E-state index in [1.165, 1.54) is 14.0 Å². The lowest BCUT2D eigenvalue weighted by Crippen LogP contribution is -2.40. The van der Waals surface area contributed by atoms with Crippen LogP contribution in [0.5, 0.6) is 5.75 Å². The maximum absolute atomic E-state index is 11.6. The molecule has 2 rings (SSSR count). The maximum Gasteiger partial charge on any atom is 0.339 e. The SMILES string of the molecule is CCCOc1cccc2c1ccn2CC(C)(O)C(=O)OC. The summed E-state index contributed by atoms with van der Waals surface area (Å²) in [4.78, 5) is 11.6. The number of benzene rings is 1. The highest BCUT2D eigenvalue weighted by molar-refractivity contribution is 5.87. The van der Waals surface area contributed by atoms with E-state index in [4.69, 9.17) is 4.74 Å². The highest BCUT2D eigenvalue weighted by Gasteiger charge is 2.32. The minimum absolute atomic E-state index is 0.125. The van der Waals surface area contributed by atoms with Crippen molar-refractivity contribution in [3.63, 3.8) is 0 Å². The largest absolute Gasteiger partial charge is 0.493 e. The number of hydrogen-bond acceptors (Lipinski definition) is 4. The molecule has 0 saturated carbocycles. The molecule has 0 bridgehead atoms. The van der Waals surface area contributed by atoms with Gasteiger partial charge in [-0.05, 0) is 31.5 Å². The molecule has 0 fully saturated rings. The molecule has 21 heavy (non-hydrogen) atoms. The van der Waals surface area contributed by atoms with Crippen LogP contribution in [0.3, 0.4) is 0 Å². The zero-order chi connectivity index (χ0) is 15.5. The minimum atomic E-state index is -1.57. The Hall–Kier alpha value is -2.01. The van der Waals surface area contributed by atoms with Crippen LogP contribution in [0.25, 0.3) is 10.9 Å². The number of esters is 1. The highest BCUT2D eigenvalue weighted by atomic mass is 16.5. The van der Waals surface area contributed by atoms with Crippen molar-refractivity contribution >= 4 is 16.9 Å². The van der Waals surface area contributed by atoms with E-state index >= 15 is 0 Å². The second kappa shape index (κ2) is 6.18. The summed E-state index contributed by atoms with van der Waals surface area (Å²) in [7, 11) is 1.27. The molecule has 2 aromatic rings. The summed E-state index contributed by atoms with van der Waals surface area (Å²) in [6, 6.07) is 7.67. The molecule has 1 aromatic carbocycles. The molecule has 0 aliphatic rings. The van der Waals surface area contributed by atoms with Crippen molar-refractivity contribution in [2.24, 2.45) is 0 Å². The molecule has 1 heterocycles. The standard InChI is InChI=1S/C16H21NO4/c1-4-10-21-14-7-5-6-13-12(14)8-9-17(13)11-16(2,19)15(18)20-3/h5-9,19H,4,10-11H2,1-3H3. The zero-order valence-electron chi connectivity index (χ0n) is 12.6. The molecule has 1 atom stereocenters. The number of rotatable bonds is 6. The van der Waals surface area contributed by atoms with Gasteiger partial charge >= 0.3 is 5.97 Å². The summed E-state index contributed by atoms with van der Waals surface area (Å²) in [5.74, 6) is 0.161. The Labute approximate surface area is 124 Å². The quantitative estimate of drug-likeness (QED) is 0.830. The Bertz CT molecular complexity index is 630. The Kier molecular flexibility index (Phi) is 4.53. The van der Waals surface area contributed by atoms with E-state index in [2.05, 4.69) is 11.7 Å². The van der Waals surface area contributed by atoms with Crippen LogP contribution in [0.4, 0.5) is 0 Å². The van der Waals surface area contributed by atoms with E-state index in [-0.39, 0.29) is 6.54 Å². The average Bonchev–Trinajstić information content (AvgIpc) is 2.87. The number of carbonyl (C=O) groups is 1. The van der Waals surface area contributed by atoms with Gasteiger partial charge in [0.2, 0.25) is 0 Å². The Balaban J connectivity index is 2.32. The van der Waals surface area contributed by atoms with Gasteiger partial charge in [0.25, 0.3) is 0 Å². The van der Waals surface area contributed by atoms with Crippen LogP contribution in [0, 0.1) is 0 Å². The van der Waals surface area contributed by atoms with Crippen molar-refractivity contribution in [2.75, 3.05) is 13.7 Å². The normalized spacial score (nSPS) is 13.9. The smallest absolute Gasteiger partial charge is 0.339 e. The van der Waals surface area contributed by atoms with Crippen molar-refractivity contribution in [2.45, 2.75) is 32.4 Å². The molecule has 0 aliphatic heterocycles. The van der Waals surface area contributed by atoms with Crippen molar-refractivity contribution in [3.05, 3.63) is 30.5 Å². The lowest BCUT2D eigenvalue weighted by molar-refractivity contribution is -0.161. The summed E-state index contributed by atoms with van der Waals surface area (Å²) < 4.78 is 12.2. The molecule has 0 spiro atoms. The first-order chi connectivity index (χ1) is 9.99. The van der Waals surface area contributed by atoms with E-state index in [1.807, 2.05) is 35.0 Å². The van der Waals surface area contributed by atoms with Crippen LogP contribution in [0.15, 0.2) is 30.5 Å². The third-order valence-electron chi connectivity index (χ3n) is 3.34. The first-order valence-corrected chi connectivity index (χ1v) is 7.01. The third-order valence-corrected chi connectivity index (χ3v) is 3.34. The predicted molar refractivity (Wildman–Crippen MR) is 80.4 cm³/mol. The van der Waals surface area contributed by atoms with Crippen LogP contribution >= 0.6 is 0 Å². The fourth-order valence-corrected chi connectivity index (χ4v) is 2.29. The van der Waals surface area contributed by atoms with Crippen molar-refractivity contribution in [1.29, 1.82) is 0 Å². The maximum atomic E-state index is 11.6. The van der Waals surface area contributed by atoms with Crippen LogP contribution < -0.4 is 4.74 Å². The van der Waals surface area contributed by atoms with E-state index in [9.17, 15) is 9.90 Å². The van der Waals surface area contributed by atoms with Gasteiger partial charge in [0.05, 0.1) is 25.8 Å². The van der Waals surface area contributed by atoms with Crippen molar-refractivity contribution < 1.29 is 19.4 Å². The highest BCUT2D eigenvalue weighted by Crippen LogP contribution is 2.27. The molecule has 0 radical (unpaired) electrons. The summed E-state index contributed by atoms with van der Waals surface area (Å²) in [6.07, 6.45) is 2.77. The molecule has 1 unspecified atom stereocenters. The first-order valence-electron chi connectivity index (χ1n) is 7.01. The number of ether oxygens (including phenoxy) is 2. The molecule has 5 heteroatoms. The summed E-state index contributed by atoms with van der Waals surface area (Å²) in [6.45, 7) is 4.28. The van der Waals surface area contributed by atoms with Gasteiger partial charge in [0.15, 0.2) is 5.60 Å². The zero-order valence-corrected chi connectivity index (χ0v) is 12.6. The topological polar surface area (TPSA) is 60.7 Å². The molecular formula is C16H21NO4. The fourth-order valence-electron chi connectivity index (χ4n) is 2.29. The number of carbonyl (C=O) groups excluding carboxylic acids is 1. The molecular weight excluding hydrogens is 270 g/mol. The van der Waals surface area contributed by atoms with Gasteiger partial charge in [-0.1, -0.05) is 13.0 Å². The molecule has 114 valence electrons. The van der Waals surface area contributed by atoms with Crippen LogP contribution in [0.2, 0.25) is 0 Å². The summed E-state index contributed by atoms with van der Waals surface area (Å²) in [5.41, 5.74) is -0.658. The molecule has 0 amide bonds. The van der Waals surface area contributed by atoms with E-state index in [1.54, 1.807) is 0 Å². The van der Waals surface area contributed by atoms with Crippen molar-refractivity contribution in [3.8, 4) is 5.75 Å². The van der Waals surface area contributed by atoms with Gasteiger partial charge in [-0.3, -0.25) is 0 Å². The molecule has 1 aromatic heterocycles. The monoisotopic (exact) mass is 291 g/mol. The van der Waals surface area contributed by atoms with E-state index in [0.717, 1.165) is 23.1 Å². The second-order valence-corrected chi connectivity index (χ2v) is 5.25. The first kappa shape index (κ1) is 15.4. The molecule has 0 aliphatic carbocycles. The van der Waals surface area contributed by atoms with Gasteiger partial charge in [-0.2, -0.15) is 0 Å². The molecule has 1 N–H and O–H groups in total. The van der Waals surface area contributed by atoms with Gasteiger partial charge in [0, 0.05) is 11.6 Å². The second-order valence-electron chi connectivity index (χ2n) is 5.25. The van der Waals surface area contributed by atoms with E-state index < -0.39 is 11.6 Å². The van der Waals surface area contributed by atoms with Gasteiger partial charge < -0.3 is 19.1 Å². The average molecular weight is 291 g/mol. The summed E-state index contributed by atoms with van der Waals surface area (Å²) in [5, 5.41) is 11.2. The van der Waals surface area contributed by atoms with E-state index in [0.29, 0.717) is 6.61 Å².